The van der Waals surface area contributed by atoms with Crippen molar-refractivity contribution in [3.63, 3.8) is 0 Å². The van der Waals surface area contributed by atoms with Crippen molar-refractivity contribution in [1.29, 1.82) is 0 Å². The van der Waals surface area contributed by atoms with Gasteiger partial charge in [0.1, 0.15) is 0 Å². The minimum Gasteiger partial charge on any atom is -0.504 e. The molecule has 0 aromatic heterocycles. The molecule has 4 nitrogen and oxygen atoms in total. The Labute approximate surface area is 94.6 Å². The average Bonchev–Trinajstić information content (AvgIpc) is 2.25. The third-order valence-corrected chi connectivity index (χ3v) is 2.30. The molecule has 0 saturated carbocycles. The monoisotopic (exact) mass is 221 g/mol. The van der Waals surface area contributed by atoms with Gasteiger partial charge in [-0.3, -0.25) is 5.32 Å². The van der Waals surface area contributed by atoms with Crippen molar-refractivity contribution in [2.75, 3.05) is 0 Å². The van der Waals surface area contributed by atoms with Gasteiger partial charge in [-0.1, -0.05) is 12.0 Å². The third kappa shape index (κ3) is 2.59. The lowest BCUT2D eigenvalue weighted by molar-refractivity contribution is 0.362. The summed E-state index contributed by atoms with van der Waals surface area (Å²) in [5, 5.41) is 31.0. The van der Waals surface area contributed by atoms with Crippen LogP contribution in [-0.2, 0) is 6.54 Å². The Bertz CT molecular complexity index is 433. The summed E-state index contributed by atoms with van der Waals surface area (Å²) in [6.45, 7) is 3.95. The van der Waals surface area contributed by atoms with Crippen molar-refractivity contribution >= 4 is 0 Å². The minimum absolute atomic E-state index is 0.302. The molecule has 0 aliphatic carbocycles. The number of rotatable bonds is 3. The van der Waals surface area contributed by atoms with Gasteiger partial charge in [0, 0.05) is 12.1 Å². The minimum atomic E-state index is -0.516. The lowest BCUT2D eigenvalue weighted by Crippen LogP contribution is -2.36. The van der Waals surface area contributed by atoms with Crippen LogP contribution in [0.3, 0.4) is 0 Å². The van der Waals surface area contributed by atoms with Crippen molar-refractivity contribution in [2.45, 2.75) is 25.9 Å². The van der Waals surface area contributed by atoms with Gasteiger partial charge in [0.15, 0.2) is 11.5 Å². The van der Waals surface area contributed by atoms with Crippen LogP contribution in [-0.4, -0.2) is 20.9 Å². The first-order chi connectivity index (χ1) is 7.37. The zero-order valence-electron chi connectivity index (χ0n) is 9.28. The van der Waals surface area contributed by atoms with Crippen molar-refractivity contribution in [2.24, 2.45) is 0 Å². The Hall–Kier alpha value is -1.86. The molecular formula is C12H15NO3. The Morgan fingerprint density at radius 2 is 1.88 bits per heavy atom. The van der Waals surface area contributed by atoms with E-state index in [9.17, 15) is 10.2 Å². The summed E-state index contributed by atoms with van der Waals surface area (Å²) in [6, 6.07) is 2.83. The van der Waals surface area contributed by atoms with Gasteiger partial charge in [-0.05, 0) is 19.9 Å². The zero-order valence-corrected chi connectivity index (χ0v) is 9.28. The lowest BCUT2D eigenvalue weighted by atomic mass is 10.1. The van der Waals surface area contributed by atoms with Crippen LogP contribution in [0.25, 0.3) is 0 Å². The SMILES string of the molecule is C#CC(C)(C)NCc1ccc(O)c(O)c1O. The fourth-order valence-corrected chi connectivity index (χ4v) is 1.12. The van der Waals surface area contributed by atoms with E-state index < -0.39 is 11.3 Å². The lowest BCUT2D eigenvalue weighted by Gasteiger charge is -2.20. The van der Waals surface area contributed by atoms with E-state index in [4.69, 9.17) is 11.5 Å². The Kier molecular flexibility index (Phi) is 3.31. The number of nitrogens with one attached hydrogen (secondary N) is 1. The maximum absolute atomic E-state index is 9.55. The number of aromatic hydroxyl groups is 3. The summed E-state index contributed by atoms with van der Waals surface area (Å²) in [7, 11) is 0. The summed E-state index contributed by atoms with van der Waals surface area (Å²) >= 11 is 0. The van der Waals surface area contributed by atoms with Gasteiger partial charge < -0.3 is 15.3 Å². The maximum Gasteiger partial charge on any atom is 0.200 e. The number of hydrogen-bond acceptors (Lipinski definition) is 4. The maximum atomic E-state index is 9.55. The predicted molar refractivity (Wildman–Crippen MR) is 61.2 cm³/mol. The Balaban J connectivity index is 2.85. The summed E-state index contributed by atoms with van der Waals surface area (Å²) in [5.74, 6) is 1.35. The molecule has 1 aromatic carbocycles. The fourth-order valence-electron chi connectivity index (χ4n) is 1.12. The highest BCUT2D eigenvalue weighted by Crippen LogP contribution is 2.36. The van der Waals surface area contributed by atoms with E-state index in [0.717, 1.165) is 0 Å². The van der Waals surface area contributed by atoms with Crippen LogP contribution in [0.5, 0.6) is 17.2 Å². The molecule has 16 heavy (non-hydrogen) atoms. The second-order valence-corrected chi connectivity index (χ2v) is 4.06. The molecule has 4 heteroatoms. The van der Waals surface area contributed by atoms with Crippen molar-refractivity contribution in [3.05, 3.63) is 17.7 Å². The molecule has 1 rings (SSSR count). The highest BCUT2D eigenvalue weighted by Gasteiger charge is 2.15. The number of phenolic OH excluding ortho intramolecular Hbond substituents is 3. The smallest absolute Gasteiger partial charge is 0.200 e. The molecular weight excluding hydrogens is 206 g/mol. The summed E-state index contributed by atoms with van der Waals surface area (Å²) < 4.78 is 0. The predicted octanol–water partition coefficient (Wildman–Crippen LogP) is 1.30. The van der Waals surface area contributed by atoms with Crippen LogP contribution in [0.4, 0.5) is 0 Å². The molecule has 4 N–H and O–H groups in total. The van der Waals surface area contributed by atoms with Gasteiger partial charge in [0.2, 0.25) is 5.75 Å². The summed E-state index contributed by atoms with van der Waals surface area (Å²) in [5.41, 5.74) is -0.0291. The third-order valence-electron chi connectivity index (χ3n) is 2.30. The topological polar surface area (TPSA) is 72.7 Å². The largest absolute Gasteiger partial charge is 0.504 e. The molecule has 0 atom stereocenters. The molecule has 0 bridgehead atoms. The van der Waals surface area contributed by atoms with E-state index in [1.165, 1.54) is 12.1 Å². The second kappa shape index (κ2) is 4.33. The molecule has 86 valence electrons. The molecule has 0 heterocycles. The molecule has 0 unspecified atom stereocenters. The van der Waals surface area contributed by atoms with E-state index in [1.807, 2.05) is 13.8 Å². The Morgan fingerprint density at radius 3 is 2.44 bits per heavy atom. The molecule has 0 aliphatic heterocycles. The van der Waals surface area contributed by atoms with Crippen molar-refractivity contribution in [3.8, 4) is 29.6 Å². The van der Waals surface area contributed by atoms with Gasteiger partial charge in [0.25, 0.3) is 0 Å². The first-order valence-electron chi connectivity index (χ1n) is 4.83. The first kappa shape index (κ1) is 12.2. The zero-order chi connectivity index (χ0) is 12.3. The van der Waals surface area contributed by atoms with E-state index >= 15 is 0 Å². The van der Waals surface area contributed by atoms with Crippen molar-refractivity contribution < 1.29 is 15.3 Å². The number of hydrogen-bond donors (Lipinski definition) is 4. The standard InChI is InChI=1S/C12H15NO3/c1-4-12(2,3)13-7-8-5-6-9(14)11(16)10(8)15/h1,5-6,13-16H,7H2,2-3H3. The normalized spacial score (nSPS) is 11.1. The molecule has 0 amide bonds. The summed E-state index contributed by atoms with van der Waals surface area (Å²) in [6.07, 6.45) is 5.30. The number of benzene rings is 1. The molecule has 0 radical (unpaired) electrons. The number of terminal acetylenes is 1. The van der Waals surface area contributed by atoms with Gasteiger partial charge in [0.05, 0.1) is 5.54 Å². The molecule has 0 aliphatic rings. The molecule has 0 spiro atoms. The Morgan fingerprint density at radius 1 is 1.25 bits per heavy atom. The van der Waals surface area contributed by atoms with Crippen LogP contribution in [0.15, 0.2) is 12.1 Å². The van der Waals surface area contributed by atoms with Crippen LogP contribution in [0.1, 0.15) is 19.4 Å². The van der Waals surface area contributed by atoms with Gasteiger partial charge in [-0.15, -0.1) is 6.42 Å². The molecule has 0 saturated heterocycles. The first-order valence-corrected chi connectivity index (χ1v) is 4.83. The molecule has 1 aromatic rings. The van der Waals surface area contributed by atoms with Gasteiger partial charge in [-0.25, -0.2) is 0 Å². The average molecular weight is 221 g/mol. The van der Waals surface area contributed by atoms with E-state index in [0.29, 0.717) is 12.1 Å². The van der Waals surface area contributed by atoms with Crippen LogP contribution in [0.2, 0.25) is 0 Å². The second-order valence-electron chi connectivity index (χ2n) is 4.06. The van der Waals surface area contributed by atoms with Crippen LogP contribution < -0.4 is 5.32 Å². The van der Waals surface area contributed by atoms with E-state index in [-0.39, 0.29) is 11.5 Å². The van der Waals surface area contributed by atoms with Crippen molar-refractivity contribution in [1.82, 2.24) is 5.32 Å². The highest BCUT2D eigenvalue weighted by atomic mass is 16.3. The van der Waals surface area contributed by atoms with Gasteiger partial charge in [-0.2, -0.15) is 0 Å². The number of phenols is 3. The quantitative estimate of drug-likeness (QED) is 0.458. The van der Waals surface area contributed by atoms with E-state index in [1.54, 1.807) is 0 Å². The van der Waals surface area contributed by atoms with Gasteiger partial charge >= 0.3 is 0 Å². The fraction of sp³-hybridized carbons (Fsp3) is 0.333. The molecule has 0 fully saturated rings. The van der Waals surface area contributed by atoms with Crippen LogP contribution in [0, 0.1) is 12.3 Å². The van der Waals surface area contributed by atoms with E-state index in [2.05, 4.69) is 11.2 Å². The summed E-state index contributed by atoms with van der Waals surface area (Å²) in [4.78, 5) is 0. The highest BCUT2D eigenvalue weighted by molar-refractivity contribution is 5.53. The van der Waals surface area contributed by atoms with Crippen LogP contribution >= 0.6 is 0 Å².